The average molecular weight is 261 g/mol. The first-order chi connectivity index (χ1) is 9.16. The van der Waals surface area contributed by atoms with Gasteiger partial charge in [-0.1, -0.05) is 30.3 Å². The zero-order valence-corrected chi connectivity index (χ0v) is 10.2. The van der Waals surface area contributed by atoms with Crippen molar-refractivity contribution < 1.29 is 13.6 Å². The molecule has 0 aliphatic heterocycles. The summed E-state index contributed by atoms with van der Waals surface area (Å²) in [6.45, 7) is 0.471. The number of ketones is 1. The zero-order valence-electron chi connectivity index (χ0n) is 10.2. The molecule has 0 atom stereocenters. The van der Waals surface area contributed by atoms with Crippen LogP contribution in [0.15, 0.2) is 48.5 Å². The fourth-order valence-corrected chi connectivity index (χ4v) is 1.72. The van der Waals surface area contributed by atoms with E-state index in [2.05, 4.69) is 5.32 Å². The minimum atomic E-state index is -0.701. The molecule has 0 aliphatic carbocycles. The predicted molar refractivity (Wildman–Crippen MR) is 68.8 cm³/mol. The van der Waals surface area contributed by atoms with Crippen LogP contribution in [-0.2, 0) is 6.54 Å². The van der Waals surface area contributed by atoms with Gasteiger partial charge in [0.2, 0.25) is 0 Å². The first-order valence-corrected chi connectivity index (χ1v) is 5.90. The maximum Gasteiger partial charge on any atom is 0.179 e. The van der Waals surface area contributed by atoms with Gasteiger partial charge in [-0.2, -0.15) is 0 Å². The SMILES string of the molecule is O=C(CNCc1ccccc1)c1cc(F)ccc1F. The van der Waals surface area contributed by atoms with Gasteiger partial charge in [-0.15, -0.1) is 0 Å². The molecule has 2 nitrogen and oxygen atoms in total. The summed E-state index contributed by atoms with van der Waals surface area (Å²) in [6.07, 6.45) is 0. The van der Waals surface area contributed by atoms with Crippen molar-refractivity contribution in [3.63, 3.8) is 0 Å². The van der Waals surface area contributed by atoms with E-state index in [1.807, 2.05) is 30.3 Å². The summed E-state index contributed by atoms with van der Waals surface area (Å²) in [6, 6.07) is 12.4. The molecule has 2 rings (SSSR count). The Balaban J connectivity index is 1.93. The molecule has 0 amide bonds. The van der Waals surface area contributed by atoms with E-state index in [1.54, 1.807) is 0 Å². The van der Waals surface area contributed by atoms with Gasteiger partial charge < -0.3 is 5.32 Å². The molecular formula is C15H13F2NO. The molecular weight excluding hydrogens is 248 g/mol. The fraction of sp³-hybridized carbons (Fsp3) is 0.133. The van der Waals surface area contributed by atoms with E-state index in [9.17, 15) is 13.6 Å². The van der Waals surface area contributed by atoms with Crippen LogP contribution in [0.4, 0.5) is 8.78 Å². The molecule has 0 bridgehead atoms. The Hall–Kier alpha value is -2.07. The highest BCUT2D eigenvalue weighted by molar-refractivity contribution is 5.97. The van der Waals surface area contributed by atoms with Crippen LogP contribution in [0.1, 0.15) is 15.9 Å². The van der Waals surface area contributed by atoms with Crippen LogP contribution < -0.4 is 5.32 Å². The van der Waals surface area contributed by atoms with Gasteiger partial charge in [0.1, 0.15) is 11.6 Å². The Morgan fingerprint density at radius 3 is 2.53 bits per heavy atom. The number of rotatable bonds is 5. The van der Waals surface area contributed by atoms with Crippen molar-refractivity contribution >= 4 is 5.78 Å². The Bertz CT molecular complexity index is 570. The number of carbonyl (C=O) groups is 1. The Labute approximate surface area is 110 Å². The zero-order chi connectivity index (χ0) is 13.7. The van der Waals surface area contributed by atoms with Gasteiger partial charge >= 0.3 is 0 Å². The number of nitrogens with one attached hydrogen (secondary N) is 1. The standard InChI is InChI=1S/C15H13F2NO/c16-12-6-7-14(17)13(8-12)15(19)10-18-9-11-4-2-1-3-5-11/h1-8,18H,9-10H2. The monoisotopic (exact) mass is 261 g/mol. The van der Waals surface area contributed by atoms with Crippen molar-refractivity contribution in [2.45, 2.75) is 6.54 Å². The van der Waals surface area contributed by atoms with Gasteiger partial charge in [0.25, 0.3) is 0 Å². The summed E-state index contributed by atoms with van der Waals surface area (Å²) in [5, 5.41) is 2.91. The Kier molecular flexibility index (Phi) is 4.36. The number of carbonyl (C=O) groups excluding carboxylic acids is 1. The van der Waals surface area contributed by atoms with Gasteiger partial charge in [-0.3, -0.25) is 4.79 Å². The second-order valence-electron chi connectivity index (χ2n) is 4.14. The normalized spacial score (nSPS) is 10.4. The van der Waals surface area contributed by atoms with Crippen LogP contribution >= 0.6 is 0 Å². The van der Waals surface area contributed by atoms with Crippen molar-refractivity contribution in [3.05, 3.63) is 71.3 Å². The molecule has 0 spiro atoms. The quantitative estimate of drug-likeness (QED) is 0.838. The lowest BCUT2D eigenvalue weighted by molar-refractivity contribution is 0.0986. The van der Waals surface area contributed by atoms with Gasteiger partial charge in [0.15, 0.2) is 5.78 Å². The Morgan fingerprint density at radius 2 is 1.79 bits per heavy atom. The highest BCUT2D eigenvalue weighted by atomic mass is 19.1. The fourth-order valence-electron chi connectivity index (χ4n) is 1.72. The van der Waals surface area contributed by atoms with Gasteiger partial charge in [0.05, 0.1) is 12.1 Å². The van der Waals surface area contributed by atoms with Gasteiger partial charge in [0, 0.05) is 6.54 Å². The van der Waals surface area contributed by atoms with E-state index in [0.717, 1.165) is 23.8 Å². The molecule has 1 N–H and O–H groups in total. The molecule has 2 aromatic rings. The predicted octanol–water partition coefficient (Wildman–Crippen LogP) is 2.94. The van der Waals surface area contributed by atoms with E-state index < -0.39 is 17.4 Å². The van der Waals surface area contributed by atoms with Crippen LogP contribution in [0.2, 0.25) is 0 Å². The summed E-state index contributed by atoms with van der Waals surface area (Å²) < 4.78 is 26.3. The molecule has 0 unspecified atom stereocenters. The van der Waals surface area contributed by atoms with Gasteiger partial charge in [-0.25, -0.2) is 8.78 Å². The molecule has 0 aliphatic rings. The maximum absolute atomic E-state index is 13.4. The lowest BCUT2D eigenvalue weighted by Crippen LogP contribution is -2.23. The first-order valence-electron chi connectivity index (χ1n) is 5.90. The lowest BCUT2D eigenvalue weighted by atomic mass is 10.1. The van der Waals surface area contributed by atoms with E-state index in [1.165, 1.54) is 0 Å². The number of halogens is 2. The third kappa shape index (κ3) is 3.69. The molecule has 0 saturated heterocycles. The third-order valence-electron chi connectivity index (χ3n) is 2.69. The molecule has 0 radical (unpaired) electrons. The summed E-state index contributed by atoms with van der Waals surface area (Å²) in [7, 11) is 0. The molecule has 2 aromatic carbocycles. The lowest BCUT2D eigenvalue weighted by Gasteiger charge is -2.05. The highest BCUT2D eigenvalue weighted by Crippen LogP contribution is 2.10. The summed E-state index contributed by atoms with van der Waals surface area (Å²) >= 11 is 0. The molecule has 19 heavy (non-hydrogen) atoms. The first kappa shape index (κ1) is 13.4. The topological polar surface area (TPSA) is 29.1 Å². The van der Waals surface area contributed by atoms with E-state index >= 15 is 0 Å². The largest absolute Gasteiger partial charge is 0.306 e. The molecule has 0 heterocycles. The van der Waals surface area contributed by atoms with Crippen LogP contribution in [0, 0.1) is 11.6 Å². The number of Topliss-reactive ketones (excluding diaryl/α,β-unsaturated/α-hetero) is 1. The third-order valence-corrected chi connectivity index (χ3v) is 2.69. The van der Waals surface area contributed by atoms with Crippen molar-refractivity contribution in [3.8, 4) is 0 Å². The maximum atomic E-state index is 13.4. The van der Waals surface area contributed by atoms with Crippen molar-refractivity contribution in [1.82, 2.24) is 5.32 Å². The molecule has 98 valence electrons. The van der Waals surface area contributed by atoms with E-state index in [-0.39, 0.29) is 12.1 Å². The summed E-state index contributed by atoms with van der Waals surface area (Å²) in [5.41, 5.74) is 0.801. The molecule has 0 saturated carbocycles. The van der Waals surface area contributed by atoms with Crippen molar-refractivity contribution in [1.29, 1.82) is 0 Å². The molecule has 0 aromatic heterocycles. The average Bonchev–Trinajstić information content (AvgIpc) is 2.42. The van der Waals surface area contributed by atoms with Gasteiger partial charge in [-0.05, 0) is 23.8 Å². The Morgan fingerprint density at radius 1 is 1.05 bits per heavy atom. The van der Waals surface area contributed by atoms with Crippen molar-refractivity contribution in [2.24, 2.45) is 0 Å². The minimum Gasteiger partial charge on any atom is -0.306 e. The smallest absolute Gasteiger partial charge is 0.179 e. The number of hydrogen-bond donors (Lipinski definition) is 1. The second-order valence-corrected chi connectivity index (χ2v) is 4.14. The van der Waals surface area contributed by atoms with Crippen LogP contribution in [0.5, 0.6) is 0 Å². The minimum absolute atomic E-state index is 0.0325. The molecule has 4 heteroatoms. The summed E-state index contributed by atoms with van der Waals surface area (Å²) in [4.78, 5) is 11.7. The highest BCUT2D eigenvalue weighted by Gasteiger charge is 2.12. The van der Waals surface area contributed by atoms with Crippen molar-refractivity contribution in [2.75, 3.05) is 6.54 Å². The van der Waals surface area contributed by atoms with Crippen LogP contribution in [0.3, 0.4) is 0 Å². The van der Waals surface area contributed by atoms with E-state index in [4.69, 9.17) is 0 Å². The van der Waals surface area contributed by atoms with Crippen LogP contribution in [-0.4, -0.2) is 12.3 Å². The molecule has 0 fully saturated rings. The van der Waals surface area contributed by atoms with Crippen LogP contribution in [0.25, 0.3) is 0 Å². The van der Waals surface area contributed by atoms with E-state index in [0.29, 0.717) is 6.54 Å². The number of benzene rings is 2. The second kappa shape index (κ2) is 6.20. The summed E-state index contributed by atoms with van der Waals surface area (Å²) in [5.74, 6) is -1.78. The number of hydrogen-bond acceptors (Lipinski definition) is 2.